The van der Waals surface area contributed by atoms with Gasteiger partial charge >= 0.3 is 0 Å². The lowest BCUT2D eigenvalue weighted by Gasteiger charge is -2.09. The molecule has 0 aromatic rings. The highest BCUT2D eigenvalue weighted by molar-refractivity contribution is 9.09. The third kappa shape index (κ3) is 4.61. The maximum atomic E-state index is 4.45. The zero-order chi connectivity index (χ0) is 12.8. The molecule has 2 aliphatic rings. The fourth-order valence-electron chi connectivity index (χ4n) is 1.53. The second kappa shape index (κ2) is 8.01. The van der Waals surface area contributed by atoms with Gasteiger partial charge in [-0.25, -0.2) is 0 Å². The maximum Gasteiger partial charge on any atom is 0.157 e. The Morgan fingerprint density at radius 3 is 1.72 bits per heavy atom. The van der Waals surface area contributed by atoms with Gasteiger partial charge in [0.25, 0.3) is 0 Å². The molecule has 0 aliphatic carbocycles. The number of nitrogens with zero attached hydrogens (tertiary/aromatic N) is 2. The molecule has 18 heavy (non-hydrogen) atoms. The monoisotopic (exact) mass is 414 g/mol. The summed E-state index contributed by atoms with van der Waals surface area (Å²) in [5.74, 6) is 0. The summed E-state index contributed by atoms with van der Waals surface area (Å²) in [5, 5.41) is 12.0. The van der Waals surface area contributed by atoms with E-state index in [1.807, 2.05) is 23.5 Å². The van der Waals surface area contributed by atoms with Crippen LogP contribution in [0.15, 0.2) is 9.98 Å². The van der Waals surface area contributed by atoms with Gasteiger partial charge in [-0.3, -0.25) is 9.98 Å². The van der Waals surface area contributed by atoms with Gasteiger partial charge in [0.15, 0.2) is 10.3 Å². The van der Waals surface area contributed by atoms with Crippen molar-refractivity contribution in [2.45, 2.75) is 10.5 Å². The average molecular weight is 416 g/mol. The quantitative estimate of drug-likeness (QED) is 0.531. The molecule has 0 amide bonds. The van der Waals surface area contributed by atoms with Crippen LogP contribution in [0.25, 0.3) is 0 Å². The number of hydrogen-bond donors (Lipinski definition) is 2. The highest BCUT2D eigenvalue weighted by Gasteiger charge is 2.19. The van der Waals surface area contributed by atoms with Gasteiger partial charge in [0.05, 0.1) is 13.1 Å². The van der Waals surface area contributed by atoms with Crippen LogP contribution in [0.2, 0.25) is 0 Å². The van der Waals surface area contributed by atoms with Crippen molar-refractivity contribution in [2.24, 2.45) is 9.98 Å². The SMILES string of the molecule is BrC[C@H]1CN=C(NCCNC2=NC[C@H](CBr)S2)S1. The lowest BCUT2D eigenvalue weighted by Crippen LogP contribution is -2.32. The maximum absolute atomic E-state index is 4.45. The smallest absolute Gasteiger partial charge is 0.157 e. The molecule has 2 rings (SSSR count). The lowest BCUT2D eigenvalue weighted by atomic mass is 10.5. The molecule has 2 heterocycles. The van der Waals surface area contributed by atoms with E-state index >= 15 is 0 Å². The Hall–Kier alpha value is 0.600. The summed E-state index contributed by atoms with van der Waals surface area (Å²) >= 11 is 10.6. The van der Waals surface area contributed by atoms with Crippen LogP contribution in [0.1, 0.15) is 0 Å². The van der Waals surface area contributed by atoms with Crippen LogP contribution in [0.4, 0.5) is 0 Å². The average Bonchev–Trinajstić information content (AvgIpc) is 3.03. The van der Waals surface area contributed by atoms with Gasteiger partial charge in [-0.05, 0) is 0 Å². The van der Waals surface area contributed by atoms with Gasteiger partial charge in [-0.2, -0.15) is 0 Å². The van der Waals surface area contributed by atoms with Crippen molar-refractivity contribution in [3.05, 3.63) is 0 Å². The molecule has 0 spiro atoms. The number of amidine groups is 2. The van der Waals surface area contributed by atoms with Crippen molar-refractivity contribution >= 4 is 65.7 Å². The molecule has 2 aliphatic heterocycles. The molecule has 0 unspecified atom stereocenters. The van der Waals surface area contributed by atoms with E-state index in [1.54, 1.807) is 0 Å². The number of halogens is 2. The van der Waals surface area contributed by atoms with E-state index in [-0.39, 0.29) is 0 Å². The van der Waals surface area contributed by atoms with Gasteiger partial charge < -0.3 is 10.6 Å². The van der Waals surface area contributed by atoms with Gasteiger partial charge in [0.1, 0.15) is 0 Å². The standard InChI is InChI=1S/C10H16Br2N4S2/c11-3-7-5-15-9(17-7)13-1-2-14-10-16-6-8(4-12)18-10/h7-8H,1-6H2,(H,13,15)(H,14,16)/t7-,8-/m0/s1. The van der Waals surface area contributed by atoms with Crippen LogP contribution in [0.5, 0.6) is 0 Å². The Kier molecular flexibility index (Phi) is 6.68. The van der Waals surface area contributed by atoms with Gasteiger partial charge in [0, 0.05) is 34.2 Å². The molecule has 0 aromatic carbocycles. The van der Waals surface area contributed by atoms with Crippen LogP contribution in [-0.4, -0.2) is 57.7 Å². The molecule has 2 atom stereocenters. The molecule has 0 bridgehead atoms. The molecule has 0 radical (unpaired) electrons. The summed E-state index contributed by atoms with van der Waals surface area (Å²) in [4.78, 5) is 8.90. The Bertz CT molecular complexity index is 306. The summed E-state index contributed by atoms with van der Waals surface area (Å²) in [5.41, 5.74) is 0. The molecule has 0 saturated heterocycles. The van der Waals surface area contributed by atoms with E-state index in [1.165, 1.54) is 0 Å². The van der Waals surface area contributed by atoms with E-state index in [0.717, 1.165) is 47.2 Å². The van der Waals surface area contributed by atoms with Crippen LogP contribution in [0, 0.1) is 0 Å². The Morgan fingerprint density at radius 2 is 1.39 bits per heavy atom. The van der Waals surface area contributed by atoms with Crippen molar-refractivity contribution in [3.8, 4) is 0 Å². The zero-order valence-electron chi connectivity index (χ0n) is 9.86. The fourth-order valence-corrected chi connectivity index (χ4v) is 4.46. The summed E-state index contributed by atoms with van der Waals surface area (Å²) in [6, 6.07) is 0. The number of alkyl halides is 2. The van der Waals surface area contributed by atoms with E-state index in [4.69, 9.17) is 0 Å². The number of hydrogen-bond acceptors (Lipinski definition) is 6. The second-order valence-electron chi connectivity index (χ2n) is 3.93. The number of rotatable bonds is 5. The first kappa shape index (κ1) is 15.0. The van der Waals surface area contributed by atoms with Crippen molar-refractivity contribution in [1.29, 1.82) is 0 Å². The number of aliphatic imine (C=N–C) groups is 2. The first-order chi connectivity index (χ1) is 8.81. The predicted molar refractivity (Wildman–Crippen MR) is 91.0 cm³/mol. The molecule has 0 fully saturated rings. The minimum Gasteiger partial charge on any atom is -0.363 e. The van der Waals surface area contributed by atoms with E-state index in [2.05, 4.69) is 52.5 Å². The zero-order valence-corrected chi connectivity index (χ0v) is 14.7. The lowest BCUT2D eigenvalue weighted by molar-refractivity contribution is 0.819. The van der Waals surface area contributed by atoms with Crippen LogP contribution < -0.4 is 10.6 Å². The van der Waals surface area contributed by atoms with Crippen LogP contribution in [0.3, 0.4) is 0 Å². The molecular weight excluding hydrogens is 400 g/mol. The van der Waals surface area contributed by atoms with Crippen molar-refractivity contribution in [3.63, 3.8) is 0 Å². The van der Waals surface area contributed by atoms with Gasteiger partial charge in [0.2, 0.25) is 0 Å². The van der Waals surface area contributed by atoms with Crippen molar-refractivity contribution < 1.29 is 0 Å². The molecule has 102 valence electrons. The molecule has 2 N–H and O–H groups in total. The summed E-state index contributed by atoms with van der Waals surface area (Å²) in [6.07, 6.45) is 0. The van der Waals surface area contributed by atoms with Gasteiger partial charge in [-0.15, -0.1) is 0 Å². The minimum atomic E-state index is 0.593. The second-order valence-corrected chi connectivity index (χ2v) is 7.81. The predicted octanol–water partition coefficient (Wildman–Crippen LogP) is 1.90. The number of thioether (sulfide) groups is 2. The summed E-state index contributed by atoms with van der Waals surface area (Å²) < 4.78 is 0. The van der Waals surface area contributed by atoms with Crippen LogP contribution in [-0.2, 0) is 0 Å². The Balaban J connectivity index is 1.55. The molecule has 4 nitrogen and oxygen atoms in total. The third-order valence-electron chi connectivity index (χ3n) is 2.46. The van der Waals surface area contributed by atoms with Crippen molar-refractivity contribution in [1.82, 2.24) is 10.6 Å². The molecule has 0 aromatic heterocycles. The normalized spacial score (nSPS) is 27.0. The minimum absolute atomic E-state index is 0.593. The van der Waals surface area contributed by atoms with E-state index in [9.17, 15) is 0 Å². The summed E-state index contributed by atoms with van der Waals surface area (Å²) in [7, 11) is 0. The number of nitrogens with one attached hydrogen (secondary N) is 2. The van der Waals surface area contributed by atoms with E-state index in [0.29, 0.717) is 10.5 Å². The topological polar surface area (TPSA) is 48.8 Å². The highest BCUT2D eigenvalue weighted by Crippen LogP contribution is 2.21. The van der Waals surface area contributed by atoms with Gasteiger partial charge in [-0.1, -0.05) is 55.4 Å². The Labute approximate surface area is 133 Å². The highest BCUT2D eigenvalue weighted by atomic mass is 79.9. The van der Waals surface area contributed by atoms with Crippen molar-refractivity contribution in [2.75, 3.05) is 36.8 Å². The Morgan fingerprint density at radius 1 is 0.944 bits per heavy atom. The molecule has 0 saturated carbocycles. The molecular formula is C10H16Br2N4S2. The fraction of sp³-hybridized carbons (Fsp3) is 0.800. The first-order valence-electron chi connectivity index (χ1n) is 5.83. The molecule has 8 heteroatoms. The third-order valence-corrected chi connectivity index (χ3v) is 7.17. The van der Waals surface area contributed by atoms with Crippen LogP contribution >= 0.6 is 55.4 Å². The van der Waals surface area contributed by atoms with E-state index < -0.39 is 0 Å². The first-order valence-corrected chi connectivity index (χ1v) is 9.84. The largest absolute Gasteiger partial charge is 0.363 e. The summed E-state index contributed by atoms with van der Waals surface area (Å²) in [6.45, 7) is 3.61.